The summed E-state index contributed by atoms with van der Waals surface area (Å²) >= 11 is 3.09. The van der Waals surface area contributed by atoms with Gasteiger partial charge in [-0.2, -0.15) is 13.2 Å². The Balaban J connectivity index is 1.87. The molecule has 0 atom stereocenters. The van der Waals surface area contributed by atoms with Crippen LogP contribution >= 0.6 is 15.9 Å². The summed E-state index contributed by atoms with van der Waals surface area (Å²) in [5, 5.41) is 2.42. The van der Waals surface area contributed by atoms with Gasteiger partial charge in [0.2, 0.25) is 0 Å². The number of benzene rings is 2. The monoisotopic (exact) mass is 405 g/mol. The molecule has 0 aliphatic carbocycles. The SMILES string of the molecule is O=C(COc1ccc(Br)cc1F)NCc1cccc(C(F)(F)F)c1. The van der Waals surface area contributed by atoms with Crippen molar-refractivity contribution in [3.8, 4) is 5.75 Å². The second-order valence-corrected chi connectivity index (χ2v) is 5.75. The van der Waals surface area contributed by atoms with Crippen LogP contribution in [0.2, 0.25) is 0 Å². The molecular weight excluding hydrogens is 394 g/mol. The summed E-state index contributed by atoms with van der Waals surface area (Å²) in [7, 11) is 0. The highest BCUT2D eigenvalue weighted by atomic mass is 79.9. The number of amides is 1. The maximum Gasteiger partial charge on any atom is 0.416 e. The van der Waals surface area contributed by atoms with Crippen molar-refractivity contribution in [1.29, 1.82) is 0 Å². The molecule has 0 bridgehead atoms. The maximum atomic E-state index is 13.5. The predicted molar refractivity (Wildman–Crippen MR) is 82.9 cm³/mol. The minimum absolute atomic E-state index is 0.0884. The molecule has 0 aliphatic heterocycles. The van der Waals surface area contributed by atoms with Gasteiger partial charge in [0.25, 0.3) is 5.91 Å². The van der Waals surface area contributed by atoms with Crippen molar-refractivity contribution in [1.82, 2.24) is 5.32 Å². The van der Waals surface area contributed by atoms with Gasteiger partial charge in [0.05, 0.1) is 5.56 Å². The summed E-state index contributed by atoms with van der Waals surface area (Å²) in [5.41, 5.74) is -0.490. The lowest BCUT2D eigenvalue weighted by Crippen LogP contribution is -2.28. The average Bonchev–Trinajstić information content (AvgIpc) is 2.51. The minimum atomic E-state index is -4.44. The molecule has 0 unspecified atom stereocenters. The molecule has 0 spiro atoms. The van der Waals surface area contributed by atoms with Crippen molar-refractivity contribution < 1.29 is 27.1 Å². The molecule has 3 nitrogen and oxygen atoms in total. The van der Waals surface area contributed by atoms with E-state index in [-0.39, 0.29) is 12.3 Å². The van der Waals surface area contributed by atoms with Gasteiger partial charge in [-0.3, -0.25) is 4.79 Å². The van der Waals surface area contributed by atoms with E-state index in [4.69, 9.17) is 4.74 Å². The number of ether oxygens (including phenoxy) is 1. The Bertz CT molecular complexity index is 734. The van der Waals surface area contributed by atoms with Crippen LogP contribution in [0.15, 0.2) is 46.9 Å². The molecule has 0 aliphatic rings. The lowest BCUT2D eigenvalue weighted by Gasteiger charge is -2.10. The lowest BCUT2D eigenvalue weighted by molar-refractivity contribution is -0.137. The van der Waals surface area contributed by atoms with E-state index in [0.29, 0.717) is 10.0 Å². The third-order valence-corrected chi connectivity index (χ3v) is 3.49. The van der Waals surface area contributed by atoms with Crippen molar-refractivity contribution in [3.05, 3.63) is 63.9 Å². The van der Waals surface area contributed by atoms with E-state index < -0.39 is 30.1 Å². The Labute approximate surface area is 143 Å². The molecule has 8 heteroatoms. The van der Waals surface area contributed by atoms with Crippen LogP contribution in [0.4, 0.5) is 17.6 Å². The van der Waals surface area contributed by atoms with Crippen LogP contribution < -0.4 is 10.1 Å². The zero-order valence-corrected chi connectivity index (χ0v) is 13.7. The Morgan fingerprint density at radius 3 is 2.58 bits per heavy atom. The average molecular weight is 406 g/mol. The van der Waals surface area contributed by atoms with Gasteiger partial charge in [-0.25, -0.2) is 4.39 Å². The summed E-state index contributed by atoms with van der Waals surface area (Å²) in [5.74, 6) is -1.29. The Hall–Kier alpha value is -2.09. The summed E-state index contributed by atoms with van der Waals surface area (Å²) in [4.78, 5) is 11.7. The first-order valence-electron chi connectivity index (χ1n) is 6.76. The second-order valence-electron chi connectivity index (χ2n) is 4.84. The molecule has 1 N–H and O–H groups in total. The van der Waals surface area contributed by atoms with Crippen LogP contribution in [-0.2, 0) is 17.5 Å². The van der Waals surface area contributed by atoms with Crippen LogP contribution in [-0.4, -0.2) is 12.5 Å². The Kier molecular flexibility index (Phi) is 5.82. The van der Waals surface area contributed by atoms with E-state index in [2.05, 4.69) is 21.2 Å². The van der Waals surface area contributed by atoms with Gasteiger partial charge in [0.1, 0.15) is 0 Å². The van der Waals surface area contributed by atoms with E-state index >= 15 is 0 Å². The van der Waals surface area contributed by atoms with E-state index in [9.17, 15) is 22.4 Å². The minimum Gasteiger partial charge on any atom is -0.481 e. The van der Waals surface area contributed by atoms with Crippen LogP contribution in [0.5, 0.6) is 5.75 Å². The summed E-state index contributed by atoms with van der Waals surface area (Å²) in [6.45, 7) is -0.535. The van der Waals surface area contributed by atoms with Gasteiger partial charge in [-0.15, -0.1) is 0 Å². The molecule has 128 valence electrons. The molecule has 24 heavy (non-hydrogen) atoms. The normalized spacial score (nSPS) is 11.2. The zero-order chi connectivity index (χ0) is 17.7. The summed E-state index contributed by atoms with van der Waals surface area (Å²) < 4.78 is 56.9. The summed E-state index contributed by atoms with van der Waals surface area (Å²) in [6, 6.07) is 8.73. The van der Waals surface area contributed by atoms with E-state index in [1.807, 2.05) is 0 Å². The van der Waals surface area contributed by atoms with Crippen molar-refractivity contribution in [3.63, 3.8) is 0 Å². The fourth-order valence-corrected chi connectivity index (χ4v) is 2.18. The van der Waals surface area contributed by atoms with Gasteiger partial charge in [0, 0.05) is 11.0 Å². The number of halogens is 5. The standard InChI is InChI=1S/C16H12BrF4NO2/c17-12-4-5-14(13(18)7-12)24-9-15(23)22-8-10-2-1-3-11(6-10)16(19,20)21/h1-7H,8-9H2,(H,22,23). The molecule has 1 amide bonds. The van der Waals surface area contributed by atoms with Crippen LogP contribution in [0.3, 0.4) is 0 Å². The van der Waals surface area contributed by atoms with Gasteiger partial charge in [0.15, 0.2) is 18.2 Å². The van der Waals surface area contributed by atoms with Crippen molar-refractivity contribution >= 4 is 21.8 Å². The van der Waals surface area contributed by atoms with Crippen molar-refractivity contribution in [2.45, 2.75) is 12.7 Å². The van der Waals surface area contributed by atoms with Gasteiger partial charge in [-0.05, 0) is 35.9 Å². The van der Waals surface area contributed by atoms with Crippen molar-refractivity contribution in [2.75, 3.05) is 6.61 Å². The van der Waals surface area contributed by atoms with Gasteiger partial charge < -0.3 is 10.1 Å². The lowest BCUT2D eigenvalue weighted by atomic mass is 10.1. The molecule has 0 saturated heterocycles. The largest absolute Gasteiger partial charge is 0.481 e. The number of nitrogens with one attached hydrogen (secondary N) is 1. The molecule has 0 fully saturated rings. The topological polar surface area (TPSA) is 38.3 Å². The molecule has 0 aromatic heterocycles. The first kappa shape index (κ1) is 18.3. The molecule has 2 rings (SSSR count). The summed E-state index contributed by atoms with van der Waals surface area (Å²) in [6.07, 6.45) is -4.44. The van der Waals surface area contributed by atoms with E-state index in [0.717, 1.165) is 12.1 Å². The van der Waals surface area contributed by atoms with Gasteiger partial charge in [-0.1, -0.05) is 28.1 Å². The fraction of sp³-hybridized carbons (Fsp3) is 0.188. The highest BCUT2D eigenvalue weighted by molar-refractivity contribution is 9.10. The van der Waals surface area contributed by atoms with Crippen LogP contribution in [0, 0.1) is 5.82 Å². The number of rotatable bonds is 5. The first-order chi connectivity index (χ1) is 11.3. The third-order valence-electron chi connectivity index (χ3n) is 3.00. The van der Waals surface area contributed by atoms with Crippen molar-refractivity contribution in [2.24, 2.45) is 0 Å². The van der Waals surface area contributed by atoms with Crippen LogP contribution in [0.1, 0.15) is 11.1 Å². The number of hydrogen-bond donors (Lipinski definition) is 1. The number of alkyl halides is 3. The maximum absolute atomic E-state index is 13.5. The van der Waals surface area contributed by atoms with Gasteiger partial charge >= 0.3 is 6.18 Å². The van der Waals surface area contributed by atoms with E-state index in [1.165, 1.54) is 24.3 Å². The Morgan fingerprint density at radius 2 is 1.92 bits per heavy atom. The number of hydrogen-bond acceptors (Lipinski definition) is 2. The smallest absolute Gasteiger partial charge is 0.416 e. The molecule has 0 heterocycles. The van der Waals surface area contributed by atoms with Crippen LogP contribution in [0.25, 0.3) is 0 Å². The molecule has 0 radical (unpaired) electrons. The van der Waals surface area contributed by atoms with E-state index in [1.54, 1.807) is 6.07 Å². The molecule has 2 aromatic carbocycles. The molecule has 0 saturated carbocycles. The molecular formula is C16H12BrF4NO2. The quantitative estimate of drug-likeness (QED) is 0.753. The predicted octanol–water partition coefficient (Wildman–Crippen LogP) is 4.30. The number of carbonyl (C=O) groups is 1. The fourth-order valence-electron chi connectivity index (χ4n) is 1.84. The first-order valence-corrected chi connectivity index (χ1v) is 7.55. The third kappa shape index (κ3) is 5.23. The highest BCUT2D eigenvalue weighted by Gasteiger charge is 2.30. The zero-order valence-electron chi connectivity index (χ0n) is 12.2. The second kappa shape index (κ2) is 7.65. The Morgan fingerprint density at radius 1 is 1.17 bits per heavy atom. The highest BCUT2D eigenvalue weighted by Crippen LogP contribution is 2.29. The molecule has 2 aromatic rings. The number of carbonyl (C=O) groups excluding carboxylic acids is 1.